The lowest BCUT2D eigenvalue weighted by atomic mass is 10.1. The topological polar surface area (TPSA) is 48.2 Å². The summed E-state index contributed by atoms with van der Waals surface area (Å²) < 4.78 is 12.7. The second-order valence-electron chi connectivity index (χ2n) is 7.27. The van der Waals surface area contributed by atoms with Crippen LogP contribution in [0.4, 0.5) is 0 Å². The van der Waals surface area contributed by atoms with Crippen LogP contribution in [0.3, 0.4) is 0 Å². The molecule has 0 aliphatic carbocycles. The van der Waals surface area contributed by atoms with Gasteiger partial charge >= 0.3 is 0 Å². The van der Waals surface area contributed by atoms with Gasteiger partial charge in [0.25, 0.3) is 0 Å². The number of rotatable bonds is 12. The predicted octanol–water partition coefficient (Wildman–Crippen LogP) is 7.69. The fourth-order valence-electron chi connectivity index (χ4n) is 3.17. The molecule has 1 aromatic heterocycles. The number of ether oxygens (including phenoxy) is 1. The number of unbranched alkanes of at least 4 members (excludes halogenated alkanes) is 7. The first-order chi connectivity index (χ1) is 14.3. The molecular weight excluding hydrogens is 428 g/mol. The van der Waals surface area contributed by atoms with Gasteiger partial charge in [-0.25, -0.2) is 0 Å². The summed E-state index contributed by atoms with van der Waals surface area (Å²) in [6, 6.07) is 15.7. The van der Waals surface area contributed by atoms with Gasteiger partial charge in [-0.2, -0.15) is 0 Å². The van der Waals surface area contributed by atoms with Crippen molar-refractivity contribution in [3.8, 4) is 28.7 Å². The summed E-state index contributed by atoms with van der Waals surface area (Å²) in [5.74, 6) is 1.91. The number of benzene rings is 2. The highest BCUT2D eigenvalue weighted by molar-refractivity contribution is 9.10. The van der Waals surface area contributed by atoms with Crippen LogP contribution in [0.2, 0.25) is 0 Å². The van der Waals surface area contributed by atoms with Crippen LogP contribution in [0.25, 0.3) is 22.9 Å². The molecule has 0 aliphatic rings. The van der Waals surface area contributed by atoms with Crippen LogP contribution in [-0.2, 0) is 0 Å². The van der Waals surface area contributed by atoms with Gasteiger partial charge in [0.15, 0.2) is 0 Å². The molecule has 154 valence electrons. The van der Waals surface area contributed by atoms with Gasteiger partial charge in [0.1, 0.15) is 5.75 Å². The maximum atomic E-state index is 5.86. The zero-order valence-corrected chi connectivity index (χ0v) is 18.7. The molecule has 29 heavy (non-hydrogen) atoms. The molecule has 0 atom stereocenters. The van der Waals surface area contributed by atoms with Gasteiger partial charge in [-0.3, -0.25) is 0 Å². The van der Waals surface area contributed by atoms with Crippen molar-refractivity contribution in [2.45, 2.75) is 58.3 Å². The first kappa shape index (κ1) is 21.6. The summed E-state index contributed by atoms with van der Waals surface area (Å²) in [7, 11) is 0. The van der Waals surface area contributed by atoms with Crippen molar-refractivity contribution in [3.05, 3.63) is 53.0 Å². The van der Waals surface area contributed by atoms with Crippen molar-refractivity contribution >= 4 is 15.9 Å². The molecule has 0 amide bonds. The van der Waals surface area contributed by atoms with E-state index in [0.717, 1.165) is 34.4 Å². The van der Waals surface area contributed by atoms with E-state index in [-0.39, 0.29) is 0 Å². The van der Waals surface area contributed by atoms with Crippen molar-refractivity contribution < 1.29 is 9.15 Å². The third-order valence-electron chi connectivity index (χ3n) is 4.88. The monoisotopic (exact) mass is 456 g/mol. The quantitative estimate of drug-likeness (QED) is 0.262. The second kappa shape index (κ2) is 11.8. The van der Waals surface area contributed by atoms with Gasteiger partial charge in [-0.05, 0) is 55.0 Å². The lowest BCUT2D eigenvalue weighted by Gasteiger charge is -2.06. The minimum absolute atomic E-state index is 0.512. The van der Waals surface area contributed by atoms with Crippen molar-refractivity contribution in [1.29, 1.82) is 0 Å². The standard InChI is InChI=1S/C24H29BrN2O2/c1-2-3-4-5-6-7-8-9-18-28-22-16-12-20(13-17-22)24-27-26-23(29-24)19-10-14-21(25)15-11-19/h10-17H,2-9,18H2,1H3. The van der Waals surface area contributed by atoms with E-state index in [2.05, 4.69) is 33.1 Å². The Morgan fingerprint density at radius 2 is 1.24 bits per heavy atom. The molecule has 0 saturated heterocycles. The van der Waals surface area contributed by atoms with Crippen LogP contribution in [0.5, 0.6) is 5.75 Å². The van der Waals surface area contributed by atoms with Crippen LogP contribution >= 0.6 is 15.9 Å². The Labute approximate surface area is 181 Å². The maximum absolute atomic E-state index is 5.86. The lowest BCUT2D eigenvalue weighted by Crippen LogP contribution is -1.97. The molecule has 4 nitrogen and oxygen atoms in total. The fraction of sp³-hybridized carbons (Fsp3) is 0.417. The van der Waals surface area contributed by atoms with Crippen LogP contribution in [0.1, 0.15) is 58.3 Å². The first-order valence-electron chi connectivity index (χ1n) is 10.6. The predicted molar refractivity (Wildman–Crippen MR) is 121 cm³/mol. The minimum atomic E-state index is 0.512. The third kappa shape index (κ3) is 7.00. The molecule has 0 saturated carbocycles. The highest BCUT2D eigenvalue weighted by atomic mass is 79.9. The second-order valence-corrected chi connectivity index (χ2v) is 8.18. The molecule has 0 fully saturated rings. The van der Waals surface area contributed by atoms with E-state index in [1.165, 1.54) is 44.9 Å². The van der Waals surface area contributed by atoms with Crippen LogP contribution < -0.4 is 4.74 Å². The fourth-order valence-corrected chi connectivity index (χ4v) is 3.43. The Morgan fingerprint density at radius 1 is 0.724 bits per heavy atom. The van der Waals surface area contributed by atoms with Crippen molar-refractivity contribution in [3.63, 3.8) is 0 Å². The Morgan fingerprint density at radius 3 is 1.83 bits per heavy atom. The van der Waals surface area contributed by atoms with Gasteiger partial charge in [-0.1, -0.05) is 67.8 Å². The zero-order chi connectivity index (χ0) is 20.3. The van der Waals surface area contributed by atoms with E-state index < -0.39 is 0 Å². The molecule has 0 unspecified atom stereocenters. The molecule has 3 aromatic rings. The van der Waals surface area contributed by atoms with E-state index in [1.807, 2.05) is 48.5 Å². The summed E-state index contributed by atoms with van der Waals surface area (Å²) >= 11 is 3.43. The highest BCUT2D eigenvalue weighted by Gasteiger charge is 2.10. The number of hydrogen-bond acceptors (Lipinski definition) is 4. The van der Waals surface area contributed by atoms with Gasteiger partial charge in [0.05, 0.1) is 6.61 Å². The highest BCUT2D eigenvalue weighted by Crippen LogP contribution is 2.26. The minimum Gasteiger partial charge on any atom is -0.494 e. The normalized spacial score (nSPS) is 11.0. The van der Waals surface area contributed by atoms with Crippen molar-refractivity contribution in [2.24, 2.45) is 0 Å². The SMILES string of the molecule is CCCCCCCCCCOc1ccc(-c2nnc(-c3ccc(Br)cc3)o2)cc1. The summed E-state index contributed by atoms with van der Waals surface area (Å²) in [6.07, 6.45) is 10.4. The molecule has 5 heteroatoms. The number of aromatic nitrogens is 2. The molecular formula is C24H29BrN2O2. The number of nitrogens with zero attached hydrogens (tertiary/aromatic N) is 2. The molecule has 0 N–H and O–H groups in total. The molecule has 3 rings (SSSR count). The maximum Gasteiger partial charge on any atom is 0.248 e. The van der Waals surface area contributed by atoms with E-state index in [9.17, 15) is 0 Å². The Bertz CT molecular complexity index is 844. The number of hydrogen-bond donors (Lipinski definition) is 0. The molecule has 0 radical (unpaired) electrons. The number of halogens is 1. The molecule has 0 bridgehead atoms. The summed E-state index contributed by atoms with van der Waals surface area (Å²) in [5.41, 5.74) is 1.79. The largest absolute Gasteiger partial charge is 0.494 e. The summed E-state index contributed by atoms with van der Waals surface area (Å²) in [6.45, 7) is 3.02. The van der Waals surface area contributed by atoms with Gasteiger partial charge in [0, 0.05) is 15.6 Å². The van der Waals surface area contributed by atoms with E-state index in [4.69, 9.17) is 9.15 Å². The van der Waals surface area contributed by atoms with E-state index >= 15 is 0 Å². The molecule has 1 heterocycles. The van der Waals surface area contributed by atoms with Gasteiger partial charge in [0.2, 0.25) is 11.8 Å². The summed E-state index contributed by atoms with van der Waals surface area (Å²) in [4.78, 5) is 0. The van der Waals surface area contributed by atoms with Crippen LogP contribution in [0.15, 0.2) is 57.4 Å². The summed E-state index contributed by atoms with van der Waals surface area (Å²) in [5, 5.41) is 8.32. The average Bonchev–Trinajstić information content (AvgIpc) is 3.24. The Balaban J connectivity index is 1.42. The first-order valence-corrected chi connectivity index (χ1v) is 11.4. The molecule has 0 spiro atoms. The molecule has 0 aliphatic heterocycles. The van der Waals surface area contributed by atoms with Gasteiger partial charge in [-0.15, -0.1) is 10.2 Å². The third-order valence-corrected chi connectivity index (χ3v) is 5.41. The van der Waals surface area contributed by atoms with E-state index in [0.29, 0.717) is 11.8 Å². The smallest absolute Gasteiger partial charge is 0.248 e. The van der Waals surface area contributed by atoms with Gasteiger partial charge < -0.3 is 9.15 Å². The Hall–Kier alpha value is -2.14. The Kier molecular flexibility index (Phi) is 8.75. The van der Waals surface area contributed by atoms with Crippen LogP contribution in [-0.4, -0.2) is 16.8 Å². The molecule has 2 aromatic carbocycles. The zero-order valence-electron chi connectivity index (χ0n) is 17.1. The van der Waals surface area contributed by atoms with Crippen molar-refractivity contribution in [1.82, 2.24) is 10.2 Å². The van der Waals surface area contributed by atoms with Crippen molar-refractivity contribution in [2.75, 3.05) is 6.61 Å². The van der Waals surface area contributed by atoms with Crippen LogP contribution in [0, 0.1) is 0 Å². The lowest BCUT2D eigenvalue weighted by molar-refractivity contribution is 0.304. The average molecular weight is 457 g/mol. The van der Waals surface area contributed by atoms with E-state index in [1.54, 1.807) is 0 Å².